The van der Waals surface area contributed by atoms with Crippen LogP contribution in [0.4, 0.5) is 0 Å². The van der Waals surface area contributed by atoms with E-state index >= 15 is 0 Å². The maximum atomic E-state index is 12.7. The Labute approximate surface area is 165 Å². The number of aromatic amines is 1. The number of hydrogen-bond acceptors (Lipinski definition) is 4. The van der Waals surface area contributed by atoms with Crippen LogP contribution in [0.5, 0.6) is 11.5 Å². The van der Waals surface area contributed by atoms with Crippen LogP contribution in [0.15, 0.2) is 24.7 Å². The number of aromatic nitrogens is 2. The molecular weight excluding hydrogens is 354 g/mol. The third-order valence-corrected chi connectivity index (χ3v) is 6.41. The predicted molar refractivity (Wildman–Crippen MR) is 107 cm³/mol. The summed E-state index contributed by atoms with van der Waals surface area (Å²) < 4.78 is 6.27. The van der Waals surface area contributed by atoms with Gasteiger partial charge in [-0.25, -0.2) is 4.98 Å². The molecule has 1 saturated carbocycles. The van der Waals surface area contributed by atoms with Gasteiger partial charge in [-0.15, -0.1) is 0 Å². The number of hydrogen-bond donors (Lipinski definition) is 3. The van der Waals surface area contributed by atoms with Gasteiger partial charge in [0.1, 0.15) is 17.1 Å². The molecular formula is C22H29N3O3. The van der Waals surface area contributed by atoms with Crippen molar-refractivity contribution in [2.75, 3.05) is 6.54 Å². The Morgan fingerprint density at radius 1 is 1.39 bits per heavy atom. The smallest absolute Gasteiger partial charge is 0.255 e. The van der Waals surface area contributed by atoms with Gasteiger partial charge < -0.3 is 20.1 Å². The number of aromatic hydroxyl groups is 1. The highest BCUT2D eigenvalue weighted by Crippen LogP contribution is 2.55. The van der Waals surface area contributed by atoms with E-state index in [1.54, 1.807) is 18.6 Å². The third-order valence-electron chi connectivity index (χ3n) is 6.41. The van der Waals surface area contributed by atoms with Crippen LogP contribution in [0.1, 0.15) is 67.6 Å². The number of nitrogens with one attached hydrogen (secondary N) is 2. The van der Waals surface area contributed by atoms with Crippen LogP contribution in [0.2, 0.25) is 0 Å². The molecule has 2 aliphatic rings. The van der Waals surface area contributed by atoms with Crippen molar-refractivity contribution in [3.8, 4) is 11.5 Å². The summed E-state index contributed by atoms with van der Waals surface area (Å²) in [4.78, 5) is 19.7. The van der Waals surface area contributed by atoms with Gasteiger partial charge in [0.05, 0.1) is 11.9 Å². The largest absolute Gasteiger partial charge is 0.507 e. The highest BCUT2D eigenvalue weighted by Gasteiger charge is 2.47. The second kappa shape index (κ2) is 7.15. The van der Waals surface area contributed by atoms with E-state index in [4.69, 9.17) is 4.74 Å². The van der Waals surface area contributed by atoms with Crippen molar-refractivity contribution in [3.05, 3.63) is 41.5 Å². The van der Waals surface area contributed by atoms with Gasteiger partial charge >= 0.3 is 0 Å². The first-order valence-electron chi connectivity index (χ1n) is 10.2. The number of benzene rings is 1. The van der Waals surface area contributed by atoms with Gasteiger partial charge in [-0.05, 0) is 50.7 Å². The monoisotopic (exact) mass is 383 g/mol. The van der Waals surface area contributed by atoms with Crippen molar-refractivity contribution in [3.63, 3.8) is 0 Å². The molecule has 1 aromatic carbocycles. The minimum Gasteiger partial charge on any atom is -0.507 e. The van der Waals surface area contributed by atoms with Crippen LogP contribution in [0.25, 0.3) is 0 Å². The zero-order valence-electron chi connectivity index (χ0n) is 16.8. The Morgan fingerprint density at radius 2 is 2.21 bits per heavy atom. The molecule has 2 aromatic rings. The molecule has 4 rings (SSSR count). The Kier molecular flexibility index (Phi) is 4.81. The van der Waals surface area contributed by atoms with E-state index in [9.17, 15) is 9.90 Å². The van der Waals surface area contributed by atoms with Gasteiger partial charge in [0.25, 0.3) is 5.91 Å². The molecule has 1 aliphatic heterocycles. The van der Waals surface area contributed by atoms with Crippen molar-refractivity contribution in [1.82, 2.24) is 15.3 Å². The fourth-order valence-corrected chi connectivity index (χ4v) is 4.94. The van der Waals surface area contributed by atoms with Crippen molar-refractivity contribution in [2.24, 2.45) is 11.8 Å². The average molecular weight is 383 g/mol. The molecule has 0 spiro atoms. The number of carbonyl (C=O) groups excluding carboxylic acids is 1. The van der Waals surface area contributed by atoms with Crippen LogP contribution in [-0.4, -0.2) is 33.1 Å². The van der Waals surface area contributed by atoms with Crippen molar-refractivity contribution in [2.45, 2.75) is 58.0 Å². The van der Waals surface area contributed by atoms with E-state index in [0.29, 0.717) is 36.1 Å². The van der Waals surface area contributed by atoms with Crippen molar-refractivity contribution >= 4 is 5.91 Å². The molecule has 0 saturated heterocycles. The molecule has 1 aliphatic carbocycles. The molecule has 0 bridgehead atoms. The minimum absolute atomic E-state index is 0.0798. The fraction of sp³-hybridized carbons (Fsp3) is 0.545. The van der Waals surface area contributed by atoms with Gasteiger partial charge in [0.15, 0.2) is 0 Å². The number of H-pyrrole nitrogens is 1. The van der Waals surface area contributed by atoms with Gasteiger partial charge in [-0.2, -0.15) is 0 Å². The number of imidazole rings is 1. The zero-order chi connectivity index (χ0) is 19.9. The number of fused-ring (bicyclic) bond motifs is 3. The van der Waals surface area contributed by atoms with Crippen LogP contribution in [0, 0.1) is 11.8 Å². The first-order valence-corrected chi connectivity index (χ1v) is 10.2. The topological polar surface area (TPSA) is 87.2 Å². The standard InChI is InChI=1S/C22H29N3O3/c1-13-4-6-17-16(10-13)19-18(28-22(17,2)3)7-5-15(20(19)26)21(27)24-9-8-14-11-23-12-25-14/h5,7,11-13,16-17,26H,4,6,8-10H2,1-3H3,(H,23,25)(H,24,27)/t13-,16-,17-/m1/s1. The summed E-state index contributed by atoms with van der Waals surface area (Å²) in [7, 11) is 0. The molecule has 150 valence electrons. The second-order valence-corrected chi connectivity index (χ2v) is 8.79. The lowest BCUT2D eigenvalue weighted by molar-refractivity contribution is -0.0145. The lowest BCUT2D eigenvalue weighted by atomic mass is 9.64. The normalized spacial score (nSPS) is 25.3. The first kappa shape index (κ1) is 18.8. The number of nitrogens with zero attached hydrogens (tertiary/aromatic N) is 1. The van der Waals surface area contributed by atoms with Gasteiger partial charge in [0.2, 0.25) is 0 Å². The third kappa shape index (κ3) is 3.36. The summed E-state index contributed by atoms with van der Waals surface area (Å²) in [5.41, 5.74) is 1.84. The Morgan fingerprint density at radius 3 is 2.96 bits per heavy atom. The predicted octanol–water partition coefficient (Wildman–Crippen LogP) is 3.78. The number of amides is 1. The van der Waals surface area contributed by atoms with Gasteiger partial charge in [-0.3, -0.25) is 4.79 Å². The van der Waals surface area contributed by atoms with Crippen LogP contribution < -0.4 is 10.1 Å². The lowest BCUT2D eigenvalue weighted by Gasteiger charge is -2.48. The molecule has 1 aromatic heterocycles. The van der Waals surface area contributed by atoms with Crippen LogP contribution in [0.3, 0.4) is 0 Å². The van der Waals surface area contributed by atoms with Crippen LogP contribution in [-0.2, 0) is 6.42 Å². The van der Waals surface area contributed by atoms with E-state index in [0.717, 1.165) is 24.1 Å². The van der Waals surface area contributed by atoms with E-state index in [-0.39, 0.29) is 23.2 Å². The van der Waals surface area contributed by atoms with Gasteiger partial charge in [-0.1, -0.05) is 13.3 Å². The molecule has 3 atom stereocenters. The molecule has 3 N–H and O–H groups in total. The first-order chi connectivity index (χ1) is 13.4. The Balaban J connectivity index is 1.58. The minimum atomic E-state index is -0.266. The molecule has 1 fully saturated rings. The summed E-state index contributed by atoms with van der Waals surface area (Å²) in [6.07, 6.45) is 7.30. The summed E-state index contributed by atoms with van der Waals surface area (Å²) in [6, 6.07) is 3.51. The fourth-order valence-electron chi connectivity index (χ4n) is 4.94. The van der Waals surface area contributed by atoms with Crippen molar-refractivity contribution in [1.29, 1.82) is 0 Å². The number of phenolic OH excluding ortho intramolecular Hbond substituents is 1. The molecule has 28 heavy (non-hydrogen) atoms. The summed E-state index contributed by atoms with van der Waals surface area (Å²) in [5, 5.41) is 13.9. The number of phenols is 1. The Hall–Kier alpha value is -2.50. The maximum absolute atomic E-state index is 12.7. The zero-order valence-corrected chi connectivity index (χ0v) is 16.8. The maximum Gasteiger partial charge on any atom is 0.255 e. The van der Waals surface area contributed by atoms with Crippen molar-refractivity contribution < 1.29 is 14.6 Å². The average Bonchev–Trinajstić information content (AvgIpc) is 3.14. The summed E-state index contributed by atoms with van der Waals surface area (Å²) >= 11 is 0. The SMILES string of the molecule is C[C@@H]1CC[C@@H]2[C@@H](C1)c1c(ccc(C(=O)NCCc3cnc[nH]3)c1O)OC2(C)C. The van der Waals surface area contributed by atoms with E-state index < -0.39 is 0 Å². The lowest BCUT2D eigenvalue weighted by Crippen LogP contribution is -2.46. The molecule has 1 amide bonds. The number of carbonyl (C=O) groups is 1. The number of rotatable bonds is 4. The Bertz CT molecular complexity index is 860. The summed E-state index contributed by atoms with van der Waals surface area (Å²) in [5.74, 6) is 1.71. The molecule has 0 radical (unpaired) electrons. The quantitative estimate of drug-likeness (QED) is 0.750. The van der Waals surface area contributed by atoms with E-state index in [1.165, 1.54) is 6.42 Å². The summed E-state index contributed by atoms with van der Waals surface area (Å²) in [6.45, 7) is 7.01. The van der Waals surface area contributed by atoms with E-state index in [1.807, 2.05) is 6.07 Å². The molecule has 2 heterocycles. The van der Waals surface area contributed by atoms with Gasteiger partial charge in [0, 0.05) is 36.3 Å². The van der Waals surface area contributed by atoms with Crippen LogP contribution >= 0.6 is 0 Å². The number of ether oxygens (including phenoxy) is 1. The van der Waals surface area contributed by atoms with E-state index in [2.05, 4.69) is 36.1 Å². The molecule has 6 nitrogen and oxygen atoms in total. The highest BCUT2D eigenvalue weighted by atomic mass is 16.5. The molecule has 0 unspecified atom stereocenters. The highest BCUT2D eigenvalue weighted by molar-refractivity contribution is 5.97. The second-order valence-electron chi connectivity index (χ2n) is 8.79. The molecule has 6 heteroatoms.